The van der Waals surface area contributed by atoms with Gasteiger partial charge in [0, 0.05) is 6.42 Å². The second kappa shape index (κ2) is 6.33. The Balaban J connectivity index is 1.82. The van der Waals surface area contributed by atoms with Gasteiger partial charge in [0.05, 0.1) is 12.3 Å². The predicted octanol–water partition coefficient (Wildman–Crippen LogP) is 1.88. The molecule has 1 aliphatic rings. The van der Waals surface area contributed by atoms with Gasteiger partial charge in [0.25, 0.3) is 5.91 Å². The van der Waals surface area contributed by atoms with Gasteiger partial charge in [0.1, 0.15) is 0 Å². The number of rotatable bonds is 5. The first-order valence-electron chi connectivity index (χ1n) is 6.36. The highest BCUT2D eigenvalue weighted by molar-refractivity contribution is 6.03. The molecule has 0 fully saturated rings. The first kappa shape index (κ1) is 13.5. The molecule has 1 aromatic carbocycles. The summed E-state index contributed by atoms with van der Waals surface area (Å²) in [6, 6.07) is 9.67. The number of carbonyl (C=O) groups excluding carboxylic acids is 1. The number of hydrogen-bond donors (Lipinski definition) is 1. The molecule has 1 aliphatic heterocycles. The SMILES string of the molecule is CC(C)CONC(=O)C1CC(c2ccccc2)=NO1. The summed E-state index contributed by atoms with van der Waals surface area (Å²) in [5.41, 5.74) is 4.15. The van der Waals surface area contributed by atoms with E-state index in [-0.39, 0.29) is 5.91 Å². The molecule has 102 valence electrons. The Labute approximate surface area is 112 Å². The van der Waals surface area contributed by atoms with Crippen LogP contribution in [0.15, 0.2) is 35.5 Å². The standard InChI is InChI=1S/C14H18N2O3/c1-10(2)9-18-16-14(17)13-8-12(15-19-13)11-6-4-3-5-7-11/h3-7,10,13H,8-9H2,1-2H3,(H,16,17). The maximum absolute atomic E-state index is 11.8. The molecule has 0 aromatic heterocycles. The van der Waals surface area contributed by atoms with E-state index in [4.69, 9.17) is 9.68 Å². The van der Waals surface area contributed by atoms with Gasteiger partial charge in [-0.2, -0.15) is 0 Å². The topological polar surface area (TPSA) is 59.9 Å². The molecule has 2 rings (SSSR count). The molecule has 0 spiro atoms. The molecule has 19 heavy (non-hydrogen) atoms. The van der Waals surface area contributed by atoms with E-state index >= 15 is 0 Å². The first-order valence-corrected chi connectivity index (χ1v) is 6.36. The fourth-order valence-corrected chi connectivity index (χ4v) is 1.66. The van der Waals surface area contributed by atoms with Gasteiger partial charge < -0.3 is 4.84 Å². The van der Waals surface area contributed by atoms with Crippen LogP contribution < -0.4 is 5.48 Å². The van der Waals surface area contributed by atoms with Crippen LogP contribution in [0.5, 0.6) is 0 Å². The minimum Gasteiger partial charge on any atom is -0.382 e. The van der Waals surface area contributed by atoms with Crippen molar-refractivity contribution in [3.05, 3.63) is 35.9 Å². The van der Waals surface area contributed by atoms with Gasteiger partial charge in [-0.1, -0.05) is 49.3 Å². The highest BCUT2D eigenvalue weighted by Gasteiger charge is 2.28. The molecule has 5 heteroatoms. The van der Waals surface area contributed by atoms with Crippen molar-refractivity contribution in [2.45, 2.75) is 26.4 Å². The van der Waals surface area contributed by atoms with Crippen molar-refractivity contribution >= 4 is 11.6 Å². The maximum atomic E-state index is 11.8. The predicted molar refractivity (Wildman–Crippen MR) is 71.4 cm³/mol. The number of hydroxylamine groups is 1. The number of nitrogens with one attached hydrogen (secondary N) is 1. The van der Waals surface area contributed by atoms with Crippen LogP contribution in [0, 0.1) is 5.92 Å². The van der Waals surface area contributed by atoms with E-state index in [0.29, 0.717) is 18.9 Å². The Hall–Kier alpha value is -1.88. The molecule has 0 radical (unpaired) electrons. The molecule has 5 nitrogen and oxygen atoms in total. The first-order chi connectivity index (χ1) is 9.16. The smallest absolute Gasteiger partial charge is 0.287 e. The zero-order valence-electron chi connectivity index (χ0n) is 11.1. The number of amides is 1. The second-order valence-electron chi connectivity index (χ2n) is 4.87. The summed E-state index contributed by atoms with van der Waals surface area (Å²) in [7, 11) is 0. The van der Waals surface area contributed by atoms with E-state index in [1.165, 1.54) is 0 Å². The average molecular weight is 262 g/mol. The lowest BCUT2D eigenvalue weighted by atomic mass is 10.1. The van der Waals surface area contributed by atoms with Gasteiger partial charge >= 0.3 is 0 Å². The maximum Gasteiger partial charge on any atom is 0.287 e. The Morgan fingerprint density at radius 3 is 2.89 bits per heavy atom. The van der Waals surface area contributed by atoms with E-state index in [2.05, 4.69) is 10.6 Å². The zero-order valence-corrected chi connectivity index (χ0v) is 11.1. The molecular formula is C14H18N2O3. The summed E-state index contributed by atoms with van der Waals surface area (Å²) in [4.78, 5) is 22.0. The van der Waals surface area contributed by atoms with Crippen molar-refractivity contribution in [2.24, 2.45) is 11.1 Å². The highest BCUT2D eigenvalue weighted by atomic mass is 16.7. The number of hydrogen-bond acceptors (Lipinski definition) is 4. The molecule has 0 saturated carbocycles. The summed E-state index contributed by atoms with van der Waals surface area (Å²) in [5.74, 6) is 0.0660. The monoisotopic (exact) mass is 262 g/mol. The van der Waals surface area contributed by atoms with Crippen LogP contribution in [0.25, 0.3) is 0 Å². The van der Waals surface area contributed by atoms with Gasteiger partial charge in [-0.3, -0.25) is 9.63 Å². The fraction of sp³-hybridized carbons (Fsp3) is 0.429. The van der Waals surface area contributed by atoms with Crippen LogP contribution in [0.4, 0.5) is 0 Å². The molecule has 0 saturated heterocycles. The van der Waals surface area contributed by atoms with Crippen molar-refractivity contribution in [3.63, 3.8) is 0 Å². The Morgan fingerprint density at radius 1 is 1.47 bits per heavy atom. The highest BCUT2D eigenvalue weighted by Crippen LogP contribution is 2.16. The third-order valence-electron chi connectivity index (χ3n) is 2.66. The molecule has 1 aromatic rings. The summed E-state index contributed by atoms with van der Waals surface area (Å²) >= 11 is 0. The van der Waals surface area contributed by atoms with Gasteiger partial charge in [-0.05, 0) is 11.5 Å². The van der Waals surface area contributed by atoms with Crippen LogP contribution in [0.3, 0.4) is 0 Å². The van der Waals surface area contributed by atoms with E-state index in [9.17, 15) is 4.79 Å². The molecule has 1 amide bonds. The van der Waals surface area contributed by atoms with Crippen molar-refractivity contribution in [3.8, 4) is 0 Å². The minimum atomic E-state index is -0.609. The molecular weight excluding hydrogens is 244 g/mol. The van der Waals surface area contributed by atoms with Gasteiger partial charge in [-0.25, -0.2) is 5.48 Å². The molecule has 1 atom stereocenters. The van der Waals surface area contributed by atoms with E-state index in [1.807, 2.05) is 44.2 Å². The number of nitrogens with zero attached hydrogens (tertiary/aromatic N) is 1. The number of oxime groups is 1. The molecule has 1 N–H and O–H groups in total. The Bertz CT molecular complexity index is 457. The van der Waals surface area contributed by atoms with Crippen molar-refractivity contribution in [1.29, 1.82) is 0 Å². The molecule has 1 unspecified atom stereocenters. The third kappa shape index (κ3) is 3.79. The Morgan fingerprint density at radius 2 is 2.21 bits per heavy atom. The van der Waals surface area contributed by atoms with Crippen LogP contribution in [-0.4, -0.2) is 24.3 Å². The van der Waals surface area contributed by atoms with Crippen LogP contribution in [-0.2, 0) is 14.5 Å². The molecule has 0 bridgehead atoms. The van der Waals surface area contributed by atoms with Crippen LogP contribution >= 0.6 is 0 Å². The van der Waals surface area contributed by atoms with Gasteiger partial charge in [0.2, 0.25) is 6.10 Å². The van der Waals surface area contributed by atoms with Crippen molar-refractivity contribution in [2.75, 3.05) is 6.61 Å². The van der Waals surface area contributed by atoms with E-state index in [1.54, 1.807) is 0 Å². The van der Waals surface area contributed by atoms with E-state index < -0.39 is 6.10 Å². The van der Waals surface area contributed by atoms with Crippen molar-refractivity contribution in [1.82, 2.24) is 5.48 Å². The summed E-state index contributed by atoms with van der Waals surface area (Å²) < 4.78 is 0. The lowest BCUT2D eigenvalue weighted by Crippen LogP contribution is -2.35. The molecule has 1 heterocycles. The van der Waals surface area contributed by atoms with Crippen LogP contribution in [0.1, 0.15) is 25.8 Å². The molecule has 0 aliphatic carbocycles. The third-order valence-corrected chi connectivity index (χ3v) is 2.66. The zero-order chi connectivity index (χ0) is 13.7. The van der Waals surface area contributed by atoms with Gasteiger partial charge in [0.15, 0.2) is 0 Å². The summed E-state index contributed by atoms with van der Waals surface area (Å²) in [5, 5.41) is 3.95. The fourth-order valence-electron chi connectivity index (χ4n) is 1.66. The Kier molecular flexibility index (Phi) is 4.52. The average Bonchev–Trinajstić information content (AvgIpc) is 2.89. The normalized spacial score (nSPS) is 18.1. The quantitative estimate of drug-likeness (QED) is 0.824. The van der Waals surface area contributed by atoms with Gasteiger partial charge in [-0.15, -0.1) is 0 Å². The van der Waals surface area contributed by atoms with E-state index in [0.717, 1.165) is 11.3 Å². The minimum absolute atomic E-state index is 0.296. The largest absolute Gasteiger partial charge is 0.382 e. The lowest BCUT2D eigenvalue weighted by Gasteiger charge is -2.10. The van der Waals surface area contributed by atoms with Crippen molar-refractivity contribution < 1.29 is 14.5 Å². The number of benzene rings is 1. The summed E-state index contributed by atoms with van der Waals surface area (Å²) in [6.45, 7) is 4.49. The number of carbonyl (C=O) groups is 1. The lowest BCUT2D eigenvalue weighted by molar-refractivity contribution is -0.144. The second-order valence-corrected chi connectivity index (χ2v) is 4.87. The van der Waals surface area contributed by atoms with Crippen LogP contribution in [0.2, 0.25) is 0 Å². The summed E-state index contributed by atoms with van der Waals surface area (Å²) in [6.07, 6.45) is -0.150.